The topological polar surface area (TPSA) is 60.2 Å². The van der Waals surface area contributed by atoms with Gasteiger partial charge in [0.05, 0.1) is 5.60 Å². The molecule has 4 nitrogen and oxygen atoms in total. The van der Waals surface area contributed by atoms with Gasteiger partial charge in [-0.1, -0.05) is 18.9 Å². The van der Waals surface area contributed by atoms with Crippen LogP contribution in [0.15, 0.2) is 18.2 Å². The predicted octanol–water partition coefficient (Wildman–Crippen LogP) is 2.08. The molecule has 2 fully saturated rings. The van der Waals surface area contributed by atoms with Gasteiger partial charge in [-0.05, 0) is 31.4 Å². The first kappa shape index (κ1) is 12.4. The molecule has 100 valence electrons. The third-order valence-electron chi connectivity index (χ3n) is 4.60. The molecule has 0 spiro atoms. The highest BCUT2D eigenvalue weighted by molar-refractivity contribution is 5.42. The number of aromatic nitrogens is 1. The molecule has 1 N–H and O–H groups in total. The maximum Gasteiger partial charge on any atom is 0.142 e. The van der Waals surface area contributed by atoms with E-state index in [9.17, 15) is 5.11 Å². The van der Waals surface area contributed by atoms with Crippen molar-refractivity contribution in [3.05, 3.63) is 23.9 Å². The highest BCUT2D eigenvalue weighted by atomic mass is 16.3. The van der Waals surface area contributed by atoms with Crippen LogP contribution in [-0.4, -0.2) is 28.8 Å². The number of anilines is 1. The Hall–Kier alpha value is -1.60. The van der Waals surface area contributed by atoms with Crippen molar-refractivity contribution in [1.82, 2.24) is 4.98 Å². The van der Waals surface area contributed by atoms with Gasteiger partial charge in [0.15, 0.2) is 0 Å². The molecular weight excluding hydrogens is 238 g/mol. The molecule has 1 saturated heterocycles. The Labute approximate surface area is 113 Å². The molecule has 2 heterocycles. The zero-order chi connectivity index (χ0) is 13.3. The molecular formula is C15H19N3O. The van der Waals surface area contributed by atoms with Crippen LogP contribution < -0.4 is 4.90 Å². The second kappa shape index (κ2) is 4.82. The number of rotatable bonds is 1. The van der Waals surface area contributed by atoms with Gasteiger partial charge >= 0.3 is 0 Å². The molecule has 2 aliphatic rings. The van der Waals surface area contributed by atoms with E-state index in [0.29, 0.717) is 11.6 Å². The normalized spacial score (nSPS) is 30.5. The molecule has 19 heavy (non-hydrogen) atoms. The van der Waals surface area contributed by atoms with Gasteiger partial charge in [-0.3, -0.25) is 0 Å². The van der Waals surface area contributed by atoms with E-state index in [-0.39, 0.29) is 0 Å². The van der Waals surface area contributed by atoms with Gasteiger partial charge in [0.1, 0.15) is 17.6 Å². The standard InChI is InChI=1S/C15H19N3O/c16-10-13-5-3-6-14(17-13)18-9-8-15(19)7-2-1-4-12(15)11-18/h3,5-6,12,19H,1-2,4,7-9,11H2. The third-order valence-corrected chi connectivity index (χ3v) is 4.60. The van der Waals surface area contributed by atoms with Gasteiger partial charge in [-0.2, -0.15) is 5.26 Å². The minimum Gasteiger partial charge on any atom is -0.389 e. The Morgan fingerprint density at radius 1 is 1.37 bits per heavy atom. The van der Waals surface area contributed by atoms with Crippen molar-refractivity contribution in [2.45, 2.75) is 37.7 Å². The zero-order valence-electron chi connectivity index (χ0n) is 11.0. The minimum atomic E-state index is -0.457. The van der Waals surface area contributed by atoms with Crippen molar-refractivity contribution < 1.29 is 5.11 Å². The number of hydrogen-bond donors (Lipinski definition) is 1. The summed E-state index contributed by atoms with van der Waals surface area (Å²) in [6, 6.07) is 7.64. The van der Waals surface area contributed by atoms with Gasteiger partial charge in [0, 0.05) is 19.0 Å². The zero-order valence-corrected chi connectivity index (χ0v) is 11.0. The van der Waals surface area contributed by atoms with Gasteiger partial charge in [-0.25, -0.2) is 4.98 Å². The first-order valence-electron chi connectivity index (χ1n) is 7.06. The second-order valence-electron chi connectivity index (χ2n) is 5.74. The van der Waals surface area contributed by atoms with Crippen molar-refractivity contribution in [3.63, 3.8) is 0 Å². The summed E-state index contributed by atoms with van der Waals surface area (Å²) in [5.41, 5.74) is 0.00341. The van der Waals surface area contributed by atoms with E-state index in [1.54, 1.807) is 6.07 Å². The third kappa shape index (κ3) is 2.31. The van der Waals surface area contributed by atoms with Crippen molar-refractivity contribution >= 4 is 5.82 Å². The van der Waals surface area contributed by atoms with Crippen LogP contribution >= 0.6 is 0 Å². The highest BCUT2D eigenvalue weighted by Crippen LogP contribution is 2.40. The van der Waals surface area contributed by atoms with Gasteiger partial charge in [0.25, 0.3) is 0 Å². The fourth-order valence-electron chi connectivity index (χ4n) is 3.44. The average Bonchev–Trinajstić information content (AvgIpc) is 2.46. The highest BCUT2D eigenvalue weighted by Gasteiger charge is 2.42. The molecule has 0 amide bonds. The van der Waals surface area contributed by atoms with Gasteiger partial charge < -0.3 is 10.0 Å². The summed E-state index contributed by atoms with van der Waals surface area (Å²) < 4.78 is 0. The Kier molecular flexibility index (Phi) is 3.16. The first-order valence-corrected chi connectivity index (χ1v) is 7.06. The molecule has 0 bridgehead atoms. The van der Waals surface area contributed by atoms with Crippen LogP contribution in [0, 0.1) is 17.2 Å². The number of hydrogen-bond acceptors (Lipinski definition) is 4. The van der Waals surface area contributed by atoms with E-state index in [2.05, 4.69) is 16.0 Å². The van der Waals surface area contributed by atoms with Crippen LogP contribution in [0.25, 0.3) is 0 Å². The molecule has 1 aromatic rings. The summed E-state index contributed by atoms with van der Waals surface area (Å²) in [6.07, 6.45) is 5.22. The van der Waals surface area contributed by atoms with Gasteiger partial charge in [-0.15, -0.1) is 0 Å². The fraction of sp³-hybridized carbons (Fsp3) is 0.600. The summed E-state index contributed by atoms with van der Waals surface area (Å²) >= 11 is 0. The maximum atomic E-state index is 10.7. The molecule has 2 unspecified atom stereocenters. The lowest BCUT2D eigenvalue weighted by molar-refractivity contribution is -0.0613. The monoisotopic (exact) mass is 257 g/mol. The maximum absolute atomic E-state index is 10.7. The molecule has 4 heteroatoms. The number of nitrogens with zero attached hydrogens (tertiary/aromatic N) is 3. The van der Waals surface area contributed by atoms with Crippen molar-refractivity contribution in [3.8, 4) is 6.07 Å². The minimum absolute atomic E-state index is 0.350. The van der Waals surface area contributed by atoms with E-state index in [1.807, 2.05) is 12.1 Å². The SMILES string of the molecule is N#Cc1cccc(N2CCC3(O)CCCCC3C2)n1. The van der Waals surface area contributed by atoms with Crippen molar-refractivity contribution in [2.75, 3.05) is 18.0 Å². The van der Waals surface area contributed by atoms with Crippen LogP contribution in [0.4, 0.5) is 5.82 Å². The molecule has 1 aliphatic carbocycles. The van der Waals surface area contributed by atoms with E-state index in [4.69, 9.17) is 5.26 Å². The fourth-order valence-corrected chi connectivity index (χ4v) is 3.44. The van der Waals surface area contributed by atoms with Crippen molar-refractivity contribution in [1.29, 1.82) is 5.26 Å². The second-order valence-corrected chi connectivity index (χ2v) is 5.74. The molecule has 0 radical (unpaired) electrons. The first-order chi connectivity index (χ1) is 9.21. The summed E-state index contributed by atoms with van der Waals surface area (Å²) in [4.78, 5) is 6.57. The Balaban J connectivity index is 1.79. The van der Waals surface area contributed by atoms with E-state index in [1.165, 1.54) is 6.42 Å². The number of piperidine rings is 1. The van der Waals surface area contributed by atoms with E-state index < -0.39 is 5.60 Å². The summed E-state index contributed by atoms with van der Waals surface area (Å²) in [5, 5.41) is 19.6. The predicted molar refractivity (Wildman–Crippen MR) is 72.7 cm³/mol. The lowest BCUT2D eigenvalue weighted by Crippen LogP contribution is -2.53. The lowest BCUT2D eigenvalue weighted by Gasteiger charge is -2.47. The molecule has 1 saturated carbocycles. The number of fused-ring (bicyclic) bond motifs is 1. The van der Waals surface area contributed by atoms with E-state index >= 15 is 0 Å². The quantitative estimate of drug-likeness (QED) is 0.836. The van der Waals surface area contributed by atoms with Crippen LogP contribution in [0.2, 0.25) is 0 Å². The number of pyridine rings is 1. The molecule has 0 aromatic carbocycles. The average molecular weight is 257 g/mol. The molecule has 2 atom stereocenters. The Bertz CT molecular complexity index is 510. The molecule has 1 aliphatic heterocycles. The van der Waals surface area contributed by atoms with Crippen LogP contribution in [-0.2, 0) is 0 Å². The largest absolute Gasteiger partial charge is 0.389 e. The summed E-state index contributed by atoms with van der Waals surface area (Å²) in [6.45, 7) is 1.69. The molecule has 1 aromatic heterocycles. The molecule has 3 rings (SSSR count). The Morgan fingerprint density at radius 2 is 2.26 bits per heavy atom. The van der Waals surface area contributed by atoms with Crippen LogP contribution in [0.1, 0.15) is 37.8 Å². The van der Waals surface area contributed by atoms with Crippen LogP contribution in [0.3, 0.4) is 0 Å². The lowest BCUT2D eigenvalue weighted by atomic mass is 9.71. The van der Waals surface area contributed by atoms with E-state index in [0.717, 1.165) is 44.6 Å². The smallest absolute Gasteiger partial charge is 0.142 e. The summed E-state index contributed by atoms with van der Waals surface area (Å²) in [7, 11) is 0. The van der Waals surface area contributed by atoms with Crippen molar-refractivity contribution in [2.24, 2.45) is 5.92 Å². The summed E-state index contributed by atoms with van der Waals surface area (Å²) in [5.74, 6) is 1.22. The van der Waals surface area contributed by atoms with Gasteiger partial charge in [0.2, 0.25) is 0 Å². The number of nitriles is 1. The van der Waals surface area contributed by atoms with Crippen LogP contribution in [0.5, 0.6) is 0 Å². The Morgan fingerprint density at radius 3 is 3.11 bits per heavy atom. The number of aliphatic hydroxyl groups is 1.